The van der Waals surface area contributed by atoms with Crippen LogP contribution in [0.1, 0.15) is 29.3 Å². The summed E-state index contributed by atoms with van der Waals surface area (Å²) in [5.41, 5.74) is -0.386. The number of thiazole rings is 1. The van der Waals surface area contributed by atoms with Gasteiger partial charge in [-0.2, -0.15) is 0 Å². The Labute approximate surface area is 150 Å². The van der Waals surface area contributed by atoms with Crippen LogP contribution in [0.4, 0.5) is 14.9 Å². The van der Waals surface area contributed by atoms with Gasteiger partial charge < -0.3 is 10.6 Å². The van der Waals surface area contributed by atoms with Gasteiger partial charge in [0.2, 0.25) is 0 Å². The third-order valence-corrected chi connectivity index (χ3v) is 5.38. The molecule has 0 spiro atoms. The van der Waals surface area contributed by atoms with Gasteiger partial charge in [-0.05, 0) is 32.9 Å². The lowest BCUT2D eigenvalue weighted by atomic mass is 10.1. The lowest BCUT2D eigenvalue weighted by molar-refractivity contribution is 0.242. The van der Waals surface area contributed by atoms with Crippen molar-refractivity contribution in [1.82, 2.24) is 10.3 Å². The van der Waals surface area contributed by atoms with Crippen molar-refractivity contribution in [3.05, 3.63) is 45.7 Å². The first kappa shape index (κ1) is 19.3. The summed E-state index contributed by atoms with van der Waals surface area (Å²) >= 11 is 1.48. The van der Waals surface area contributed by atoms with Crippen molar-refractivity contribution in [1.29, 1.82) is 0 Å². The molecule has 0 saturated carbocycles. The molecule has 2 amide bonds. The smallest absolute Gasteiger partial charge is 0.319 e. The molecular weight excluding hydrogens is 365 g/mol. The SMILES string of the molecule is Cc1cnc(C(C)(C)NC(=O)Nc2ccc(CS(C)(=O)=O)c(F)c2)s1. The molecule has 0 fully saturated rings. The highest BCUT2D eigenvalue weighted by Crippen LogP contribution is 2.25. The zero-order valence-electron chi connectivity index (χ0n) is 14.4. The molecule has 1 aromatic heterocycles. The Balaban J connectivity index is 2.06. The largest absolute Gasteiger partial charge is 0.326 e. The third kappa shape index (κ3) is 5.50. The fraction of sp³-hybridized carbons (Fsp3) is 0.375. The Hall–Kier alpha value is -2.00. The van der Waals surface area contributed by atoms with Crippen molar-refractivity contribution < 1.29 is 17.6 Å². The van der Waals surface area contributed by atoms with Crippen LogP contribution in [0.3, 0.4) is 0 Å². The van der Waals surface area contributed by atoms with Gasteiger partial charge in [0.15, 0.2) is 9.84 Å². The predicted molar refractivity (Wildman–Crippen MR) is 97.0 cm³/mol. The maximum Gasteiger partial charge on any atom is 0.319 e. The first-order valence-corrected chi connectivity index (χ1v) is 10.3. The minimum Gasteiger partial charge on any atom is -0.326 e. The third-order valence-electron chi connectivity index (χ3n) is 3.31. The van der Waals surface area contributed by atoms with E-state index in [1.807, 2.05) is 20.8 Å². The van der Waals surface area contributed by atoms with Crippen LogP contribution >= 0.6 is 11.3 Å². The molecule has 0 aliphatic heterocycles. The van der Waals surface area contributed by atoms with Gasteiger partial charge >= 0.3 is 6.03 Å². The fourth-order valence-electron chi connectivity index (χ4n) is 2.17. The number of carbonyl (C=O) groups is 1. The molecule has 25 heavy (non-hydrogen) atoms. The van der Waals surface area contributed by atoms with Crippen molar-refractivity contribution >= 4 is 32.9 Å². The molecule has 0 radical (unpaired) electrons. The highest BCUT2D eigenvalue weighted by atomic mass is 32.2. The highest BCUT2D eigenvalue weighted by Gasteiger charge is 2.26. The Morgan fingerprint density at radius 2 is 2.04 bits per heavy atom. The van der Waals surface area contributed by atoms with E-state index < -0.39 is 27.2 Å². The average Bonchev–Trinajstić information content (AvgIpc) is 2.87. The summed E-state index contributed by atoms with van der Waals surface area (Å²) in [6.07, 6.45) is 2.77. The highest BCUT2D eigenvalue weighted by molar-refractivity contribution is 7.89. The number of sulfone groups is 1. The number of urea groups is 1. The Morgan fingerprint density at radius 3 is 2.56 bits per heavy atom. The summed E-state index contributed by atoms with van der Waals surface area (Å²) in [5, 5.41) is 6.09. The van der Waals surface area contributed by atoms with E-state index in [0.717, 1.165) is 22.2 Å². The number of anilines is 1. The first-order valence-electron chi connectivity index (χ1n) is 7.44. The van der Waals surface area contributed by atoms with Crippen LogP contribution in [-0.4, -0.2) is 25.7 Å². The molecule has 0 aliphatic rings. The van der Waals surface area contributed by atoms with Crippen LogP contribution in [0.25, 0.3) is 0 Å². The van der Waals surface area contributed by atoms with Crippen molar-refractivity contribution in [3.63, 3.8) is 0 Å². The van der Waals surface area contributed by atoms with Crippen molar-refractivity contribution in [3.8, 4) is 0 Å². The molecular formula is C16H20FN3O3S2. The van der Waals surface area contributed by atoms with Gasteiger partial charge in [-0.15, -0.1) is 11.3 Å². The number of aryl methyl sites for hydroxylation is 1. The minimum atomic E-state index is -3.33. The van der Waals surface area contributed by atoms with Gasteiger partial charge in [0, 0.05) is 28.6 Å². The number of benzene rings is 1. The van der Waals surface area contributed by atoms with Crippen LogP contribution in [0, 0.1) is 12.7 Å². The fourth-order valence-corrected chi connectivity index (χ4v) is 3.79. The molecule has 136 valence electrons. The number of halogens is 1. The van der Waals surface area contributed by atoms with Crippen LogP contribution < -0.4 is 10.6 Å². The van der Waals surface area contributed by atoms with Crippen LogP contribution in [0.15, 0.2) is 24.4 Å². The standard InChI is InChI=1S/C16H20FN3O3S2/c1-10-8-18-14(24-10)16(2,3)20-15(21)19-12-6-5-11(13(17)7-12)9-25(4,22)23/h5-8H,9H2,1-4H3,(H2,19,20,21). The number of carbonyl (C=O) groups excluding carboxylic acids is 1. The molecule has 1 heterocycles. The molecule has 0 aliphatic carbocycles. The predicted octanol–water partition coefficient (Wildman–Crippen LogP) is 3.19. The molecule has 0 saturated heterocycles. The zero-order valence-corrected chi connectivity index (χ0v) is 16.0. The van der Waals surface area contributed by atoms with E-state index >= 15 is 0 Å². The molecule has 9 heteroatoms. The number of amides is 2. The van der Waals surface area contributed by atoms with E-state index in [1.165, 1.54) is 23.5 Å². The maximum absolute atomic E-state index is 14.0. The number of nitrogens with one attached hydrogen (secondary N) is 2. The second-order valence-electron chi connectivity index (χ2n) is 6.36. The van der Waals surface area contributed by atoms with Crippen molar-refractivity contribution in [2.45, 2.75) is 32.1 Å². The molecule has 2 N–H and O–H groups in total. The van der Waals surface area contributed by atoms with Crippen LogP contribution in [-0.2, 0) is 21.1 Å². The Bertz CT molecular complexity index is 892. The molecule has 0 unspecified atom stereocenters. The summed E-state index contributed by atoms with van der Waals surface area (Å²) < 4.78 is 36.5. The molecule has 2 aromatic rings. The molecule has 2 rings (SSSR count). The number of hydrogen-bond acceptors (Lipinski definition) is 5. The quantitative estimate of drug-likeness (QED) is 0.827. The van der Waals surface area contributed by atoms with E-state index in [2.05, 4.69) is 15.6 Å². The lowest BCUT2D eigenvalue weighted by Gasteiger charge is -2.24. The normalized spacial score (nSPS) is 12.0. The number of hydrogen-bond donors (Lipinski definition) is 2. The summed E-state index contributed by atoms with van der Waals surface area (Å²) in [5.74, 6) is -1.07. The van der Waals surface area contributed by atoms with Crippen LogP contribution in [0.2, 0.25) is 0 Å². The minimum absolute atomic E-state index is 0.0621. The van der Waals surface area contributed by atoms with E-state index in [1.54, 1.807) is 6.20 Å². The molecule has 6 nitrogen and oxygen atoms in total. The molecule has 0 atom stereocenters. The summed E-state index contributed by atoms with van der Waals surface area (Å²) in [6.45, 7) is 5.57. The van der Waals surface area contributed by atoms with Gasteiger partial charge in [0.1, 0.15) is 10.8 Å². The Morgan fingerprint density at radius 1 is 1.36 bits per heavy atom. The van der Waals surface area contributed by atoms with E-state index in [-0.39, 0.29) is 17.0 Å². The topological polar surface area (TPSA) is 88.2 Å². The Kier molecular flexibility index (Phi) is 5.48. The second kappa shape index (κ2) is 7.09. The van der Waals surface area contributed by atoms with E-state index in [4.69, 9.17) is 0 Å². The van der Waals surface area contributed by atoms with Gasteiger partial charge in [0.25, 0.3) is 0 Å². The number of aromatic nitrogens is 1. The van der Waals surface area contributed by atoms with Gasteiger partial charge in [0.05, 0.1) is 11.3 Å². The van der Waals surface area contributed by atoms with E-state index in [0.29, 0.717) is 0 Å². The average molecular weight is 385 g/mol. The maximum atomic E-state index is 14.0. The second-order valence-corrected chi connectivity index (χ2v) is 9.73. The van der Waals surface area contributed by atoms with Crippen LogP contribution in [0.5, 0.6) is 0 Å². The number of rotatable bonds is 5. The molecule has 0 bridgehead atoms. The van der Waals surface area contributed by atoms with Gasteiger partial charge in [-0.3, -0.25) is 0 Å². The van der Waals surface area contributed by atoms with E-state index in [9.17, 15) is 17.6 Å². The summed E-state index contributed by atoms with van der Waals surface area (Å²) in [7, 11) is -3.33. The monoisotopic (exact) mass is 385 g/mol. The zero-order chi connectivity index (χ0) is 18.8. The van der Waals surface area contributed by atoms with Gasteiger partial charge in [-0.25, -0.2) is 22.6 Å². The summed E-state index contributed by atoms with van der Waals surface area (Å²) in [4.78, 5) is 17.5. The van der Waals surface area contributed by atoms with Gasteiger partial charge in [-0.1, -0.05) is 6.07 Å². The molecule has 1 aromatic carbocycles. The van der Waals surface area contributed by atoms with Crippen molar-refractivity contribution in [2.75, 3.05) is 11.6 Å². The lowest BCUT2D eigenvalue weighted by Crippen LogP contribution is -2.43. The first-order chi connectivity index (χ1) is 11.5. The number of nitrogens with zero attached hydrogens (tertiary/aromatic N) is 1. The summed E-state index contributed by atoms with van der Waals surface area (Å²) in [6, 6.07) is 3.40. The van der Waals surface area contributed by atoms with Crippen molar-refractivity contribution in [2.24, 2.45) is 0 Å².